The lowest BCUT2D eigenvalue weighted by Gasteiger charge is -2.42. The quantitative estimate of drug-likeness (QED) is 0.300. The van der Waals surface area contributed by atoms with Crippen molar-refractivity contribution in [2.75, 3.05) is 6.54 Å². The molecule has 1 N–H and O–H groups in total. The second-order valence-electron chi connectivity index (χ2n) is 9.83. The molecule has 2 aliphatic heterocycles. The van der Waals surface area contributed by atoms with E-state index in [2.05, 4.69) is 59.3 Å². The van der Waals surface area contributed by atoms with Crippen molar-refractivity contribution in [3.63, 3.8) is 0 Å². The molecule has 0 saturated carbocycles. The summed E-state index contributed by atoms with van der Waals surface area (Å²) in [7, 11) is 0. The zero-order chi connectivity index (χ0) is 25.0. The number of aromatic nitrogens is 2. The first-order valence-electron chi connectivity index (χ1n) is 12.2. The normalized spacial score (nSPS) is 22.5. The van der Waals surface area contributed by atoms with Crippen molar-refractivity contribution in [2.24, 2.45) is 0 Å². The van der Waals surface area contributed by atoms with Gasteiger partial charge in [0.1, 0.15) is 17.0 Å². The number of nitrogens with zero attached hydrogens (tertiary/aromatic N) is 3. The van der Waals surface area contributed by atoms with Crippen LogP contribution in [0.4, 0.5) is 4.39 Å². The summed E-state index contributed by atoms with van der Waals surface area (Å²) in [6.07, 6.45) is 5.68. The Kier molecular flexibility index (Phi) is 5.86. The van der Waals surface area contributed by atoms with E-state index in [1.807, 2.05) is 31.2 Å². The van der Waals surface area contributed by atoms with Crippen molar-refractivity contribution in [2.45, 2.75) is 44.5 Å². The van der Waals surface area contributed by atoms with E-state index in [4.69, 9.17) is 16.6 Å². The molecule has 3 heterocycles. The lowest BCUT2D eigenvalue weighted by molar-refractivity contribution is -0.0600. The Hall–Kier alpha value is -2.80. The Morgan fingerprint density at radius 1 is 1.14 bits per heavy atom. The van der Waals surface area contributed by atoms with Gasteiger partial charge in [0.05, 0.1) is 22.8 Å². The maximum Gasteiger partial charge on any atom is 0.129 e. The summed E-state index contributed by atoms with van der Waals surface area (Å²) in [6, 6.07) is 19.2. The number of hydrogen-bond acceptors (Lipinski definition) is 4. The summed E-state index contributed by atoms with van der Waals surface area (Å²) in [6.45, 7) is 7.28. The number of H-pyrrole nitrogens is 1. The average Bonchev–Trinajstić information content (AvgIpc) is 3.59. The van der Waals surface area contributed by atoms with Gasteiger partial charge < -0.3 is 4.98 Å². The van der Waals surface area contributed by atoms with Crippen LogP contribution in [0.1, 0.15) is 53.2 Å². The minimum absolute atomic E-state index is 0.0166. The number of halogens is 2. The van der Waals surface area contributed by atoms with Crippen molar-refractivity contribution in [3.8, 4) is 0 Å². The number of benzene rings is 3. The Morgan fingerprint density at radius 3 is 2.72 bits per heavy atom. The van der Waals surface area contributed by atoms with Gasteiger partial charge in [-0.2, -0.15) is 0 Å². The first-order chi connectivity index (χ1) is 17.3. The SMILES string of the molecule is Cc1cccc(C2SC(c3ccc(F)cc3)=[C]N2N2CCC[C@@]2(C)c2nc3c(C)c(Cl)ccc3[nH]2)c1. The Balaban J connectivity index is 1.44. The van der Waals surface area contributed by atoms with Crippen LogP contribution in [-0.2, 0) is 5.54 Å². The van der Waals surface area contributed by atoms with E-state index in [0.29, 0.717) is 0 Å². The molecule has 7 heteroatoms. The highest BCUT2D eigenvalue weighted by atomic mass is 35.5. The third-order valence-corrected chi connectivity index (χ3v) is 8.98. The molecule has 4 nitrogen and oxygen atoms in total. The van der Waals surface area contributed by atoms with Crippen molar-refractivity contribution in [1.82, 2.24) is 20.0 Å². The summed E-state index contributed by atoms with van der Waals surface area (Å²) in [5.41, 5.74) is 5.97. The third-order valence-electron chi connectivity index (χ3n) is 7.32. The molecular weight excluding hydrogens is 491 g/mol. The van der Waals surface area contributed by atoms with Crippen LogP contribution in [0.2, 0.25) is 5.02 Å². The molecule has 36 heavy (non-hydrogen) atoms. The fourth-order valence-electron chi connectivity index (χ4n) is 5.28. The topological polar surface area (TPSA) is 35.2 Å². The van der Waals surface area contributed by atoms with Crippen molar-refractivity contribution in [3.05, 3.63) is 106 Å². The number of thioether (sulfide) groups is 1. The maximum atomic E-state index is 13.6. The van der Waals surface area contributed by atoms with Crippen molar-refractivity contribution in [1.29, 1.82) is 0 Å². The number of fused-ring (bicyclic) bond motifs is 1. The number of imidazole rings is 1. The van der Waals surface area contributed by atoms with Gasteiger partial charge >= 0.3 is 0 Å². The van der Waals surface area contributed by atoms with Gasteiger partial charge in [-0.1, -0.05) is 65.3 Å². The minimum atomic E-state index is -0.341. The van der Waals surface area contributed by atoms with Crippen LogP contribution < -0.4 is 0 Å². The lowest BCUT2D eigenvalue weighted by atomic mass is 9.99. The molecule has 0 aliphatic carbocycles. The summed E-state index contributed by atoms with van der Waals surface area (Å²) >= 11 is 8.15. The summed E-state index contributed by atoms with van der Waals surface area (Å²) in [5.74, 6) is 0.701. The van der Waals surface area contributed by atoms with E-state index >= 15 is 0 Å². The summed E-state index contributed by atoms with van der Waals surface area (Å²) < 4.78 is 13.6. The first kappa shape index (κ1) is 23.6. The van der Waals surface area contributed by atoms with Gasteiger partial charge in [0, 0.05) is 16.5 Å². The predicted octanol–water partition coefficient (Wildman–Crippen LogP) is 7.75. The van der Waals surface area contributed by atoms with E-state index in [1.54, 1.807) is 11.8 Å². The van der Waals surface area contributed by atoms with E-state index in [-0.39, 0.29) is 16.7 Å². The van der Waals surface area contributed by atoms with E-state index in [9.17, 15) is 4.39 Å². The molecule has 1 unspecified atom stereocenters. The smallest absolute Gasteiger partial charge is 0.129 e. The van der Waals surface area contributed by atoms with Gasteiger partial charge in [0.25, 0.3) is 0 Å². The molecule has 3 aromatic carbocycles. The van der Waals surface area contributed by atoms with E-state index < -0.39 is 0 Å². The monoisotopic (exact) mass is 517 g/mol. The number of hydrogen-bond donors (Lipinski definition) is 1. The standard InChI is InChI=1S/C29H27ClFN4S/c1-18-6-4-7-21(16-18)27-34(17-25(36-27)20-8-10-22(31)11-9-20)35-15-5-14-29(35,3)28-32-24-13-12-23(30)19(2)26(24)33-28/h4,6-13,16,27H,5,14-15H2,1-3H3,(H,32,33)/t27?,29-/m0/s1. The van der Waals surface area contributed by atoms with E-state index in [1.165, 1.54) is 23.3 Å². The molecule has 183 valence electrons. The maximum absolute atomic E-state index is 13.6. The van der Waals surface area contributed by atoms with E-state index in [0.717, 1.165) is 57.3 Å². The molecule has 1 radical (unpaired) electrons. The summed E-state index contributed by atoms with van der Waals surface area (Å²) in [4.78, 5) is 9.65. The number of rotatable bonds is 4. The van der Waals surface area contributed by atoms with Crippen LogP contribution in [0, 0.1) is 25.9 Å². The van der Waals surface area contributed by atoms with Crippen LogP contribution in [0.25, 0.3) is 15.9 Å². The van der Waals surface area contributed by atoms with Gasteiger partial charge in [-0.25, -0.2) is 14.4 Å². The second-order valence-corrected chi connectivity index (χ2v) is 11.3. The highest BCUT2D eigenvalue weighted by Crippen LogP contribution is 2.52. The molecule has 1 saturated heterocycles. The fraction of sp³-hybridized carbons (Fsp3) is 0.276. The van der Waals surface area contributed by atoms with Crippen molar-refractivity contribution < 1.29 is 4.39 Å². The predicted molar refractivity (Wildman–Crippen MR) is 146 cm³/mol. The van der Waals surface area contributed by atoms with Gasteiger partial charge in [-0.15, -0.1) is 0 Å². The largest absolute Gasteiger partial charge is 0.340 e. The van der Waals surface area contributed by atoms with Crippen LogP contribution in [-0.4, -0.2) is 26.5 Å². The number of nitrogens with one attached hydrogen (secondary N) is 1. The van der Waals surface area contributed by atoms with Gasteiger partial charge in [0.15, 0.2) is 0 Å². The second kappa shape index (κ2) is 8.94. The zero-order valence-corrected chi connectivity index (χ0v) is 22.1. The molecule has 2 atom stereocenters. The van der Waals surface area contributed by atoms with Crippen LogP contribution >= 0.6 is 23.4 Å². The molecule has 1 aromatic heterocycles. The molecular formula is C29H27ClFN4S. The molecule has 0 spiro atoms. The number of aromatic amines is 1. The third kappa shape index (κ3) is 3.92. The molecule has 0 bridgehead atoms. The highest BCUT2D eigenvalue weighted by molar-refractivity contribution is 8.08. The van der Waals surface area contributed by atoms with Gasteiger partial charge in [0.2, 0.25) is 0 Å². The molecule has 4 aromatic rings. The van der Waals surface area contributed by atoms with Crippen LogP contribution in [0.3, 0.4) is 0 Å². The number of aryl methyl sites for hydroxylation is 2. The lowest BCUT2D eigenvalue weighted by Crippen LogP contribution is -2.48. The number of hydrazine groups is 1. The Labute approximate surface area is 220 Å². The summed E-state index contributed by atoms with van der Waals surface area (Å²) in [5, 5.41) is 5.39. The van der Waals surface area contributed by atoms with Crippen molar-refractivity contribution >= 4 is 39.3 Å². The molecule has 0 amide bonds. The Bertz CT molecular complexity index is 1480. The Morgan fingerprint density at radius 2 is 1.94 bits per heavy atom. The van der Waals surface area contributed by atoms with Crippen LogP contribution in [0.5, 0.6) is 0 Å². The highest BCUT2D eigenvalue weighted by Gasteiger charge is 2.47. The molecule has 6 rings (SSSR count). The van der Waals surface area contributed by atoms with Gasteiger partial charge in [-0.3, -0.25) is 5.01 Å². The fourth-order valence-corrected chi connectivity index (χ4v) is 6.63. The minimum Gasteiger partial charge on any atom is -0.340 e. The van der Waals surface area contributed by atoms with Crippen LogP contribution in [0.15, 0.2) is 60.7 Å². The van der Waals surface area contributed by atoms with Gasteiger partial charge in [-0.05, 0) is 74.6 Å². The zero-order valence-electron chi connectivity index (χ0n) is 20.5. The average molecular weight is 518 g/mol. The first-order valence-corrected chi connectivity index (χ1v) is 13.4. The molecule has 1 fully saturated rings. The molecule has 2 aliphatic rings.